The van der Waals surface area contributed by atoms with Gasteiger partial charge in [0.2, 0.25) is 0 Å². The third-order valence-corrected chi connectivity index (χ3v) is 6.82. The van der Waals surface area contributed by atoms with Gasteiger partial charge in [-0.2, -0.15) is 0 Å². The predicted molar refractivity (Wildman–Crippen MR) is 140 cm³/mol. The zero-order chi connectivity index (χ0) is 25.7. The van der Waals surface area contributed by atoms with E-state index in [1.54, 1.807) is 22.8 Å². The van der Waals surface area contributed by atoms with Crippen molar-refractivity contribution in [2.45, 2.75) is 38.4 Å². The van der Waals surface area contributed by atoms with Crippen LogP contribution < -0.4 is 5.69 Å². The van der Waals surface area contributed by atoms with Crippen LogP contribution in [-0.4, -0.2) is 62.7 Å². The monoisotopic (exact) mass is 489 g/mol. The summed E-state index contributed by atoms with van der Waals surface area (Å²) in [5, 5.41) is 19.9. The molecule has 3 aromatic carbocycles. The fraction of sp³-hybridized carbons (Fsp3) is 0.321. The topological polar surface area (TPSA) is 105 Å². The lowest BCUT2D eigenvalue weighted by atomic mass is 10.0. The fourth-order valence-electron chi connectivity index (χ4n) is 4.80. The van der Waals surface area contributed by atoms with Gasteiger partial charge in [-0.05, 0) is 61.0 Å². The smallest absolute Gasteiger partial charge is 0.329 e. The van der Waals surface area contributed by atoms with Gasteiger partial charge in [0, 0.05) is 18.2 Å². The van der Waals surface area contributed by atoms with Gasteiger partial charge >= 0.3 is 11.7 Å². The van der Waals surface area contributed by atoms with Crippen LogP contribution in [-0.2, 0) is 17.9 Å². The Labute approximate surface area is 209 Å². The van der Waals surface area contributed by atoms with Crippen LogP contribution in [0.1, 0.15) is 35.2 Å². The van der Waals surface area contributed by atoms with Crippen LogP contribution >= 0.6 is 0 Å². The molecule has 0 amide bonds. The third-order valence-electron chi connectivity index (χ3n) is 6.82. The molecule has 1 atom stereocenters. The Kier molecular flexibility index (Phi) is 7.97. The summed E-state index contributed by atoms with van der Waals surface area (Å²) in [6.45, 7) is 1.90. The number of carboxylic acids is 1. The van der Waals surface area contributed by atoms with Crippen molar-refractivity contribution in [2.75, 3.05) is 20.2 Å². The Morgan fingerprint density at radius 2 is 1.83 bits per heavy atom. The fourth-order valence-corrected chi connectivity index (χ4v) is 4.80. The maximum absolute atomic E-state index is 13.1. The van der Waals surface area contributed by atoms with Crippen LogP contribution in [0.15, 0.2) is 65.5 Å². The summed E-state index contributed by atoms with van der Waals surface area (Å²) in [6, 6.07) is 19.4. The Morgan fingerprint density at radius 3 is 2.50 bits per heavy atom. The highest BCUT2D eigenvalue weighted by Gasteiger charge is 2.19. The van der Waals surface area contributed by atoms with E-state index in [0.29, 0.717) is 42.1 Å². The van der Waals surface area contributed by atoms with Gasteiger partial charge in [0.05, 0.1) is 30.6 Å². The Morgan fingerprint density at radius 1 is 1.06 bits per heavy atom. The number of imidazole rings is 1. The normalized spacial score (nSPS) is 15.7. The van der Waals surface area contributed by atoms with Crippen molar-refractivity contribution in [3.63, 3.8) is 0 Å². The number of carboxylic acid groups (broad SMARTS) is 1. The molecule has 36 heavy (non-hydrogen) atoms. The standard InChI is InChI=1S/C22H18N2O4.C6H13NO/c25-14-15-8-9-19-20(12-15)23(11-10-21(26)27)22(28)24(19)13-17-6-3-5-16-4-1-2-7-18(16)17;1-7-4-2-3-6(7)5-8/h1-9,12,14H,10-11,13H2,(H,26,27);6,8H,2-5H2,1H3. The summed E-state index contributed by atoms with van der Waals surface area (Å²) in [4.78, 5) is 37.5. The lowest BCUT2D eigenvalue weighted by Gasteiger charge is -2.15. The van der Waals surface area contributed by atoms with Gasteiger partial charge in [-0.3, -0.25) is 18.7 Å². The van der Waals surface area contributed by atoms with Crippen LogP contribution in [0.25, 0.3) is 21.8 Å². The number of aliphatic hydroxyl groups is 1. The number of aliphatic carboxylic acids is 1. The second-order valence-corrected chi connectivity index (χ2v) is 9.13. The van der Waals surface area contributed by atoms with E-state index in [9.17, 15) is 14.4 Å². The van der Waals surface area contributed by atoms with E-state index in [1.807, 2.05) is 42.5 Å². The molecule has 0 saturated carbocycles. The summed E-state index contributed by atoms with van der Waals surface area (Å²) < 4.78 is 3.06. The summed E-state index contributed by atoms with van der Waals surface area (Å²) >= 11 is 0. The molecule has 8 heteroatoms. The molecule has 2 heterocycles. The SMILES string of the molecule is CN1CCCC1CO.O=Cc1ccc2c(c1)n(CCC(=O)O)c(=O)n2Cc1cccc2ccccc12. The summed E-state index contributed by atoms with van der Waals surface area (Å²) in [6.07, 6.45) is 2.97. The van der Waals surface area contributed by atoms with Crippen molar-refractivity contribution >= 4 is 34.1 Å². The van der Waals surface area contributed by atoms with Gasteiger partial charge in [-0.1, -0.05) is 42.5 Å². The van der Waals surface area contributed by atoms with Crippen LogP contribution in [0, 0.1) is 0 Å². The molecule has 0 aliphatic carbocycles. The van der Waals surface area contributed by atoms with E-state index < -0.39 is 5.97 Å². The number of fused-ring (bicyclic) bond motifs is 2. The van der Waals surface area contributed by atoms with E-state index in [0.717, 1.165) is 22.9 Å². The van der Waals surface area contributed by atoms with Crippen LogP contribution in [0.4, 0.5) is 0 Å². The molecule has 0 spiro atoms. The van der Waals surface area contributed by atoms with Gasteiger partial charge in [0.15, 0.2) is 0 Å². The molecule has 8 nitrogen and oxygen atoms in total. The minimum absolute atomic E-state index is 0.0511. The number of aliphatic hydroxyl groups excluding tert-OH is 1. The molecule has 0 radical (unpaired) electrons. The first kappa shape index (κ1) is 25.3. The molecule has 1 fully saturated rings. The van der Waals surface area contributed by atoms with E-state index in [1.165, 1.54) is 17.4 Å². The van der Waals surface area contributed by atoms with Gasteiger partial charge in [0.1, 0.15) is 6.29 Å². The first-order chi connectivity index (χ1) is 17.4. The average molecular weight is 490 g/mol. The van der Waals surface area contributed by atoms with Crippen molar-refractivity contribution in [2.24, 2.45) is 0 Å². The molecule has 1 aliphatic rings. The molecular weight excluding hydrogens is 458 g/mol. The maximum atomic E-state index is 13.1. The molecule has 1 aromatic heterocycles. The number of aldehydes is 1. The number of hydrogen-bond donors (Lipinski definition) is 2. The van der Waals surface area contributed by atoms with Crippen molar-refractivity contribution in [1.82, 2.24) is 14.0 Å². The van der Waals surface area contributed by atoms with Crippen molar-refractivity contribution in [3.05, 3.63) is 82.3 Å². The number of carbonyl (C=O) groups excluding carboxylic acids is 1. The number of aromatic nitrogens is 2. The molecule has 1 aliphatic heterocycles. The van der Waals surface area contributed by atoms with Gasteiger partial charge in [0.25, 0.3) is 0 Å². The molecule has 4 aromatic rings. The summed E-state index contributed by atoms with van der Waals surface area (Å²) in [7, 11) is 2.06. The largest absolute Gasteiger partial charge is 0.481 e. The minimum atomic E-state index is -0.978. The Balaban J connectivity index is 0.000000325. The first-order valence-corrected chi connectivity index (χ1v) is 12.1. The molecular formula is C28H31N3O5. The van der Waals surface area contributed by atoms with Gasteiger partial charge in [-0.15, -0.1) is 0 Å². The molecule has 1 unspecified atom stereocenters. The number of nitrogens with zero attached hydrogens (tertiary/aromatic N) is 3. The summed E-state index contributed by atoms with van der Waals surface area (Å²) in [5.74, 6) is -0.978. The first-order valence-electron chi connectivity index (χ1n) is 12.1. The zero-order valence-corrected chi connectivity index (χ0v) is 20.3. The quantitative estimate of drug-likeness (QED) is 0.386. The second kappa shape index (κ2) is 11.3. The number of aryl methyl sites for hydroxylation is 1. The Hall–Kier alpha value is -3.75. The Bertz CT molecular complexity index is 1430. The minimum Gasteiger partial charge on any atom is -0.481 e. The lowest BCUT2D eigenvalue weighted by Crippen LogP contribution is -2.27. The van der Waals surface area contributed by atoms with E-state index in [-0.39, 0.29) is 18.7 Å². The van der Waals surface area contributed by atoms with Crippen LogP contribution in [0.2, 0.25) is 0 Å². The predicted octanol–water partition coefficient (Wildman–Crippen LogP) is 3.36. The van der Waals surface area contributed by atoms with Crippen molar-refractivity contribution in [3.8, 4) is 0 Å². The number of rotatable bonds is 7. The molecule has 2 N–H and O–H groups in total. The average Bonchev–Trinajstić information content (AvgIpc) is 3.42. The number of likely N-dealkylation sites (tertiary alicyclic amines) is 1. The van der Waals surface area contributed by atoms with Crippen LogP contribution in [0.3, 0.4) is 0 Å². The number of hydrogen-bond acceptors (Lipinski definition) is 5. The maximum Gasteiger partial charge on any atom is 0.329 e. The van der Waals surface area contributed by atoms with Gasteiger partial charge in [-0.25, -0.2) is 4.79 Å². The number of benzene rings is 3. The molecule has 5 rings (SSSR count). The highest BCUT2D eigenvalue weighted by Crippen LogP contribution is 2.22. The van der Waals surface area contributed by atoms with Crippen molar-refractivity contribution < 1.29 is 19.8 Å². The number of likely N-dealkylation sites (N-methyl/N-ethyl adjacent to an activating group) is 1. The van der Waals surface area contributed by atoms with Crippen LogP contribution in [0.5, 0.6) is 0 Å². The van der Waals surface area contributed by atoms with E-state index >= 15 is 0 Å². The summed E-state index contributed by atoms with van der Waals surface area (Å²) in [5.41, 5.74) is 2.40. The third kappa shape index (κ3) is 5.40. The van der Waals surface area contributed by atoms with E-state index in [4.69, 9.17) is 10.2 Å². The van der Waals surface area contributed by atoms with E-state index in [2.05, 4.69) is 11.9 Å². The number of carbonyl (C=O) groups is 2. The zero-order valence-electron chi connectivity index (χ0n) is 20.3. The second-order valence-electron chi connectivity index (χ2n) is 9.13. The highest BCUT2D eigenvalue weighted by molar-refractivity contribution is 5.87. The molecule has 0 bridgehead atoms. The lowest BCUT2D eigenvalue weighted by molar-refractivity contribution is -0.137. The van der Waals surface area contributed by atoms with Crippen molar-refractivity contribution in [1.29, 1.82) is 0 Å². The molecule has 1 saturated heterocycles. The van der Waals surface area contributed by atoms with Gasteiger partial charge < -0.3 is 15.1 Å². The highest BCUT2D eigenvalue weighted by atomic mass is 16.4. The molecule has 188 valence electrons.